The highest BCUT2D eigenvalue weighted by molar-refractivity contribution is 6.09. The molecule has 1 aliphatic heterocycles. The second kappa shape index (κ2) is 8.78. The standard InChI is InChI=1S/C24H22N2O7/c1-31-19-13-15(8-10-20(27)32-2)7-9-18(19)33-21(28)14-26-22(29)24(25-23(26)30)12-11-16-5-3-4-6-17(16)24/h3-10,13H,11-12,14H2,1-2H3,(H,25,30)/b10-8+. The number of amides is 3. The molecular formula is C24H22N2O7. The minimum absolute atomic E-state index is 0.116. The quantitative estimate of drug-likeness (QED) is 0.311. The molecule has 33 heavy (non-hydrogen) atoms. The first-order valence-corrected chi connectivity index (χ1v) is 10.2. The van der Waals surface area contributed by atoms with Crippen molar-refractivity contribution in [3.63, 3.8) is 0 Å². The Morgan fingerprint density at radius 1 is 1.12 bits per heavy atom. The van der Waals surface area contributed by atoms with Crippen molar-refractivity contribution in [2.75, 3.05) is 20.8 Å². The number of nitrogens with one attached hydrogen (secondary N) is 1. The van der Waals surface area contributed by atoms with Crippen molar-refractivity contribution >= 4 is 30.0 Å². The van der Waals surface area contributed by atoms with E-state index in [0.29, 0.717) is 18.4 Å². The van der Waals surface area contributed by atoms with Gasteiger partial charge in [-0.2, -0.15) is 0 Å². The lowest BCUT2D eigenvalue weighted by molar-refractivity contribution is -0.141. The number of methoxy groups -OCH3 is 2. The summed E-state index contributed by atoms with van der Waals surface area (Å²) < 4.78 is 15.2. The van der Waals surface area contributed by atoms with E-state index in [1.807, 2.05) is 24.3 Å². The SMILES string of the molecule is COC(=O)/C=C/c1ccc(OC(=O)CN2C(=O)NC3(CCc4ccccc43)C2=O)c(OC)c1. The number of imide groups is 1. The van der Waals surface area contributed by atoms with Crippen LogP contribution in [0.1, 0.15) is 23.1 Å². The summed E-state index contributed by atoms with van der Waals surface area (Å²) in [6.45, 7) is -0.540. The topological polar surface area (TPSA) is 111 Å². The van der Waals surface area contributed by atoms with Crippen molar-refractivity contribution in [1.82, 2.24) is 10.2 Å². The van der Waals surface area contributed by atoms with Crippen LogP contribution in [0, 0.1) is 0 Å². The van der Waals surface area contributed by atoms with Crippen LogP contribution < -0.4 is 14.8 Å². The summed E-state index contributed by atoms with van der Waals surface area (Å²) in [5, 5.41) is 2.77. The highest BCUT2D eigenvalue weighted by Crippen LogP contribution is 2.41. The molecule has 3 amide bonds. The zero-order chi connectivity index (χ0) is 23.6. The van der Waals surface area contributed by atoms with Crippen molar-refractivity contribution in [3.05, 3.63) is 65.2 Å². The number of hydrogen-bond donors (Lipinski definition) is 1. The molecule has 0 radical (unpaired) electrons. The normalized spacial score (nSPS) is 19.0. The van der Waals surface area contributed by atoms with E-state index in [-0.39, 0.29) is 11.5 Å². The number of rotatable bonds is 6. The van der Waals surface area contributed by atoms with Crippen molar-refractivity contribution in [1.29, 1.82) is 0 Å². The van der Waals surface area contributed by atoms with Gasteiger partial charge in [-0.05, 0) is 47.7 Å². The lowest BCUT2D eigenvalue weighted by Crippen LogP contribution is -2.42. The molecule has 0 aromatic heterocycles. The highest BCUT2D eigenvalue weighted by Gasteiger charge is 2.55. The van der Waals surface area contributed by atoms with Crippen molar-refractivity contribution in [2.24, 2.45) is 0 Å². The van der Waals surface area contributed by atoms with E-state index in [1.54, 1.807) is 12.1 Å². The predicted octanol–water partition coefficient (Wildman–Crippen LogP) is 2.18. The van der Waals surface area contributed by atoms with Crippen molar-refractivity contribution in [3.8, 4) is 11.5 Å². The number of nitrogens with zero attached hydrogens (tertiary/aromatic N) is 1. The smallest absolute Gasteiger partial charge is 0.331 e. The number of urea groups is 1. The summed E-state index contributed by atoms with van der Waals surface area (Å²) in [5.41, 5.74) is 1.24. The number of benzene rings is 2. The first-order valence-electron chi connectivity index (χ1n) is 10.2. The van der Waals surface area contributed by atoms with Gasteiger partial charge in [0, 0.05) is 6.08 Å². The predicted molar refractivity (Wildman–Crippen MR) is 116 cm³/mol. The lowest BCUT2D eigenvalue weighted by Gasteiger charge is -2.22. The third kappa shape index (κ3) is 4.05. The molecule has 1 aliphatic carbocycles. The molecule has 1 spiro atoms. The van der Waals surface area contributed by atoms with Crippen LogP contribution in [0.2, 0.25) is 0 Å². The van der Waals surface area contributed by atoms with Crippen LogP contribution in [-0.4, -0.2) is 49.5 Å². The van der Waals surface area contributed by atoms with E-state index >= 15 is 0 Å². The first kappa shape index (κ1) is 22.1. The van der Waals surface area contributed by atoms with E-state index < -0.39 is 36.0 Å². The molecule has 9 nitrogen and oxygen atoms in total. The molecule has 1 saturated heterocycles. The number of carbonyl (C=O) groups is 4. The molecule has 170 valence electrons. The minimum atomic E-state index is -1.14. The molecule has 2 aliphatic rings. The number of fused-ring (bicyclic) bond motifs is 2. The van der Waals surface area contributed by atoms with Gasteiger partial charge in [-0.25, -0.2) is 14.4 Å². The molecular weight excluding hydrogens is 428 g/mol. The second-order valence-electron chi connectivity index (χ2n) is 7.62. The van der Waals surface area contributed by atoms with Gasteiger partial charge in [-0.3, -0.25) is 9.69 Å². The Kier molecular flexibility index (Phi) is 5.87. The Labute approximate surface area is 189 Å². The molecule has 1 atom stereocenters. The molecule has 9 heteroatoms. The van der Waals surface area contributed by atoms with Crippen LogP contribution in [0.25, 0.3) is 6.08 Å². The van der Waals surface area contributed by atoms with E-state index in [4.69, 9.17) is 9.47 Å². The average Bonchev–Trinajstić information content (AvgIpc) is 3.31. The molecule has 4 rings (SSSR count). The molecule has 1 fully saturated rings. The van der Waals surface area contributed by atoms with Gasteiger partial charge in [0.05, 0.1) is 14.2 Å². The summed E-state index contributed by atoms with van der Waals surface area (Å²) >= 11 is 0. The van der Waals surface area contributed by atoms with Gasteiger partial charge in [0.1, 0.15) is 12.1 Å². The van der Waals surface area contributed by atoms with Crippen LogP contribution in [-0.2, 0) is 31.1 Å². The number of aryl methyl sites for hydroxylation is 1. The molecule has 0 bridgehead atoms. The van der Waals surface area contributed by atoms with Crippen molar-refractivity contribution < 1.29 is 33.4 Å². The van der Waals surface area contributed by atoms with Gasteiger partial charge in [0.25, 0.3) is 5.91 Å². The van der Waals surface area contributed by atoms with Gasteiger partial charge >= 0.3 is 18.0 Å². The van der Waals surface area contributed by atoms with Crippen LogP contribution in [0.3, 0.4) is 0 Å². The van der Waals surface area contributed by atoms with E-state index in [2.05, 4.69) is 10.1 Å². The summed E-state index contributed by atoms with van der Waals surface area (Å²) in [7, 11) is 2.67. The van der Waals surface area contributed by atoms with Gasteiger partial charge in [0.2, 0.25) is 0 Å². The number of esters is 2. The number of carbonyl (C=O) groups excluding carboxylic acids is 4. The summed E-state index contributed by atoms with van der Waals surface area (Å²) in [6, 6.07) is 11.5. The number of ether oxygens (including phenoxy) is 3. The first-order chi connectivity index (χ1) is 15.9. The Morgan fingerprint density at radius 2 is 1.91 bits per heavy atom. The summed E-state index contributed by atoms with van der Waals surface area (Å²) in [6.07, 6.45) is 3.87. The Bertz CT molecular complexity index is 1170. The van der Waals surface area contributed by atoms with E-state index in [9.17, 15) is 19.2 Å². The van der Waals surface area contributed by atoms with Crippen LogP contribution in [0.4, 0.5) is 4.79 Å². The minimum Gasteiger partial charge on any atom is -0.493 e. The van der Waals surface area contributed by atoms with E-state index in [1.165, 1.54) is 32.4 Å². The Morgan fingerprint density at radius 3 is 2.67 bits per heavy atom. The largest absolute Gasteiger partial charge is 0.493 e. The average molecular weight is 450 g/mol. The maximum Gasteiger partial charge on any atom is 0.331 e. The fraction of sp³-hybridized carbons (Fsp3) is 0.250. The van der Waals surface area contributed by atoms with Crippen LogP contribution >= 0.6 is 0 Å². The monoisotopic (exact) mass is 450 g/mol. The summed E-state index contributed by atoms with van der Waals surface area (Å²) in [4.78, 5) is 50.5. The molecule has 2 aromatic carbocycles. The Balaban J connectivity index is 1.47. The summed E-state index contributed by atoms with van der Waals surface area (Å²) in [5.74, 6) is -1.41. The van der Waals surface area contributed by atoms with Crippen LogP contribution in [0.15, 0.2) is 48.5 Å². The van der Waals surface area contributed by atoms with Crippen LogP contribution in [0.5, 0.6) is 11.5 Å². The van der Waals surface area contributed by atoms with Crippen molar-refractivity contribution in [2.45, 2.75) is 18.4 Å². The molecule has 1 unspecified atom stereocenters. The fourth-order valence-corrected chi connectivity index (χ4v) is 4.12. The molecule has 1 N–H and O–H groups in total. The highest BCUT2D eigenvalue weighted by atomic mass is 16.6. The van der Waals surface area contributed by atoms with Gasteiger partial charge < -0.3 is 19.5 Å². The maximum absolute atomic E-state index is 13.2. The molecule has 0 saturated carbocycles. The number of hydrogen-bond acceptors (Lipinski definition) is 7. The third-order valence-electron chi connectivity index (χ3n) is 5.73. The fourth-order valence-electron chi connectivity index (χ4n) is 4.12. The lowest BCUT2D eigenvalue weighted by atomic mass is 9.92. The Hall–Kier alpha value is -4.14. The molecule has 2 aromatic rings. The molecule has 1 heterocycles. The zero-order valence-electron chi connectivity index (χ0n) is 18.1. The van der Waals surface area contributed by atoms with E-state index in [0.717, 1.165) is 16.0 Å². The zero-order valence-corrected chi connectivity index (χ0v) is 18.1. The van der Waals surface area contributed by atoms with Gasteiger partial charge in [-0.1, -0.05) is 30.3 Å². The third-order valence-corrected chi connectivity index (χ3v) is 5.73. The second-order valence-corrected chi connectivity index (χ2v) is 7.62. The van der Waals surface area contributed by atoms with Gasteiger partial charge in [-0.15, -0.1) is 0 Å². The van der Waals surface area contributed by atoms with Gasteiger partial charge in [0.15, 0.2) is 11.5 Å². The maximum atomic E-state index is 13.2.